The van der Waals surface area contributed by atoms with Crippen LogP contribution < -0.4 is 5.32 Å². The third kappa shape index (κ3) is 2.73. The Kier molecular flexibility index (Phi) is 4.06. The molecule has 5 nitrogen and oxygen atoms in total. The monoisotopic (exact) mass is 293 g/mol. The first kappa shape index (κ1) is 15.0. The molecule has 1 aromatic rings. The van der Waals surface area contributed by atoms with Crippen LogP contribution in [0.5, 0.6) is 0 Å². The average Bonchev–Trinajstić information content (AvgIpc) is 3.01. The van der Waals surface area contributed by atoms with Crippen molar-refractivity contribution in [3.63, 3.8) is 0 Å². The fourth-order valence-electron chi connectivity index (χ4n) is 3.62. The molecule has 1 saturated carbocycles. The summed E-state index contributed by atoms with van der Waals surface area (Å²) in [6.45, 7) is 5.47. The maximum Gasteiger partial charge on any atom is 0.246 e. The molecule has 1 aliphatic heterocycles. The van der Waals surface area contributed by atoms with Crippen LogP contribution in [-0.4, -0.2) is 23.8 Å². The zero-order valence-electron chi connectivity index (χ0n) is 13.4. The highest BCUT2D eigenvalue weighted by Gasteiger charge is 2.42. The summed E-state index contributed by atoms with van der Waals surface area (Å²) in [5.74, 6) is 2.21. The summed E-state index contributed by atoms with van der Waals surface area (Å²) in [5, 5.41) is 7.81. The molecule has 1 atom stereocenters. The van der Waals surface area contributed by atoms with E-state index in [1.807, 2.05) is 0 Å². The minimum Gasteiger partial charge on any atom is -0.370 e. The lowest BCUT2D eigenvalue weighted by molar-refractivity contribution is -0.0609. The highest BCUT2D eigenvalue weighted by atomic mass is 16.5. The van der Waals surface area contributed by atoms with Crippen LogP contribution >= 0.6 is 0 Å². The highest BCUT2D eigenvalue weighted by molar-refractivity contribution is 5.09. The van der Waals surface area contributed by atoms with Crippen molar-refractivity contribution in [1.82, 2.24) is 15.5 Å². The van der Waals surface area contributed by atoms with Gasteiger partial charge in [0.15, 0.2) is 0 Å². The zero-order valence-corrected chi connectivity index (χ0v) is 13.4. The predicted molar refractivity (Wildman–Crippen MR) is 79.8 cm³/mol. The van der Waals surface area contributed by atoms with E-state index in [-0.39, 0.29) is 11.1 Å². The Labute approximate surface area is 126 Å². The summed E-state index contributed by atoms with van der Waals surface area (Å²) < 4.78 is 11.5. The van der Waals surface area contributed by atoms with Crippen molar-refractivity contribution in [3.8, 4) is 0 Å². The number of ether oxygens (including phenoxy) is 1. The fourth-order valence-corrected chi connectivity index (χ4v) is 3.62. The van der Waals surface area contributed by atoms with Gasteiger partial charge < -0.3 is 14.6 Å². The number of aromatic nitrogens is 2. The van der Waals surface area contributed by atoms with Gasteiger partial charge in [-0.05, 0) is 64.3 Å². The van der Waals surface area contributed by atoms with E-state index in [4.69, 9.17) is 14.2 Å². The van der Waals surface area contributed by atoms with Gasteiger partial charge in [-0.2, -0.15) is 4.98 Å². The van der Waals surface area contributed by atoms with Gasteiger partial charge in [0.2, 0.25) is 11.7 Å². The second kappa shape index (κ2) is 5.69. The van der Waals surface area contributed by atoms with Crippen molar-refractivity contribution in [2.45, 2.75) is 69.9 Å². The quantitative estimate of drug-likeness (QED) is 0.928. The van der Waals surface area contributed by atoms with Crippen LogP contribution in [0.2, 0.25) is 0 Å². The van der Waals surface area contributed by atoms with Gasteiger partial charge in [-0.3, -0.25) is 0 Å². The van der Waals surface area contributed by atoms with E-state index in [0.717, 1.165) is 50.4 Å². The third-order valence-electron chi connectivity index (χ3n) is 5.40. The SMILES string of the molecule is COC1(c2noc(C3(C)CCCCN3)n2)CCC(C)CC1. The van der Waals surface area contributed by atoms with Crippen LogP contribution in [0.3, 0.4) is 0 Å². The molecule has 1 N–H and O–H groups in total. The lowest BCUT2D eigenvalue weighted by atomic mass is 9.79. The van der Waals surface area contributed by atoms with Crippen LogP contribution in [0, 0.1) is 5.92 Å². The summed E-state index contributed by atoms with van der Waals surface area (Å²) in [5.41, 5.74) is -0.528. The standard InChI is InChI=1S/C16H27N3O2/c1-12-6-9-16(20-3,10-7-12)13-18-14(21-19-13)15(2)8-4-5-11-17-15/h12,17H,4-11H2,1-3H3. The number of nitrogens with one attached hydrogen (secondary N) is 1. The zero-order chi connectivity index (χ0) is 14.9. The first-order valence-electron chi connectivity index (χ1n) is 8.23. The first-order chi connectivity index (χ1) is 10.1. The van der Waals surface area contributed by atoms with E-state index in [2.05, 4.69) is 24.3 Å². The van der Waals surface area contributed by atoms with Gasteiger partial charge in [0.1, 0.15) is 5.60 Å². The lowest BCUT2D eigenvalue weighted by Crippen LogP contribution is -2.43. The highest BCUT2D eigenvalue weighted by Crippen LogP contribution is 2.41. The van der Waals surface area contributed by atoms with Crippen LogP contribution in [0.1, 0.15) is 70.5 Å². The lowest BCUT2D eigenvalue weighted by Gasteiger charge is -2.35. The molecule has 1 saturated heterocycles. The Balaban J connectivity index is 1.83. The third-order valence-corrected chi connectivity index (χ3v) is 5.40. The van der Waals surface area contributed by atoms with E-state index < -0.39 is 0 Å². The van der Waals surface area contributed by atoms with Crippen LogP contribution in [0.25, 0.3) is 0 Å². The van der Waals surface area contributed by atoms with Gasteiger partial charge in [0.25, 0.3) is 0 Å². The Morgan fingerprint density at radius 2 is 2.00 bits per heavy atom. The Morgan fingerprint density at radius 3 is 2.62 bits per heavy atom. The Hall–Kier alpha value is -0.940. The minimum atomic E-state index is -0.348. The Morgan fingerprint density at radius 1 is 1.24 bits per heavy atom. The molecule has 1 aliphatic carbocycles. The molecule has 21 heavy (non-hydrogen) atoms. The predicted octanol–water partition coefficient (Wildman–Crippen LogP) is 3.11. The maximum atomic E-state index is 5.84. The molecule has 2 fully saturated rings. The molecule has 5 heteroatoms. The minimum absolute atomic E-state index is 0.180. The second-order valence-corrected chi connectivity index (χ2v) is 7.02. The van der Waals surface area contributed by atoms with E-state index in [0.29, 0.717) is 5.89 Å². The summed E-state index contributed by atoms with van der Waals surface area (Å²) in [6, 6.07) is 0. The number of hydrogen-bond acceptors (Lipinski definition) is 5. The average molecular weight is 293 g/mol. The normalized spacial score (nSPS) is 37.6. The molecule has 0 aromatic carbocycles. The molecule has 2 aliphatic rings. The van der Waals surface area contributed by atoms with Crippen LogP contribution in [-0.2, 0) is 15.9 Å². The van der Waals surface area contributed by atoms with Crippen LogP contribution in [0.4, 0.5) is 0 Å². The van der Waals surface area contributed by atoms with E-state index in [9.17, 15) is 0 Å². The van der Waals surface area contributed by atoms with E-state index in [1.54, 1.807) is 7.11 Å². The topological polar surface area (TPSA) is 60.2 Å². The van der Waals surface area contributed by atoms with Crippen molar-refractivity contribution >= 4 is 0 Å². The summed E-state index contributed by atoms with van der Waals surface area (Å²) in [4.78, 5) is 4.73. The molecule has 1 aromatic heterocycles. The number of piperidine rings is 1. The van der Waals surface area contributed by atoms with Gasteiger partial charge in [0, 0.05) is 7.11 Å². The van der Waals surface area contributed by atoms with Crippen molar-refractivity contribution in [2.75, 3.05) is 13.7 Å². The number of rotatable bonds is 3. The van der Waals surface area contributed by atoms with Crippen molar-refractivity contribution in [2.24, 2.45) is 5.92 Å². The van der Waals surface area contributed by atoms with Gasteiger partial charge in [0.05, 0.1) is 5.54 Å². The molecular formula is C16H27N3O2. The largest absolute Gasteiger partial charge is 0.370 e. The van der Waals surface area contributed by atoms with Crippen molar-refractivity contribution < 1.29 is 9.26 Å². The van der Waals surface area contributed by atoms with E-state index >= 15 is 0 Å². The maximum absolute atomic E-state index is 5.84. The van der Waals surface area contributed by atoms with Crippen LogP contribution in [0.15, 0.2) is 4.52 Å². The van der Waals surface area contributed by atoms with Gasteiger partial charge in [-0.25, -0.2) is 0 Å². The number of nitrogens with zero attached hydrogens (tertiary/aromatic N) is 2. The number of hydrogen-bond donors (Lipinski definition) is 1. The smallest absolute Gasteiger partial charge is 0.246 e. The molecule has 0 bridgehead atoms. The fraction of sp³-hybridized carbons (Fsp3) is 0.875. The van der Waals surface area contributed by atoms with Crippen molar-refractivity contribution in [1.29, 1.82) is 0 Å². The first-order valence-corrected chi connectivity index (χ1v) is 8.23. The molecule has 118 valence electrons. The molecule has 0 amide bonds. The molecule has 0 spiro atoms. The number of methoxy groups -OCH3 is 1. The molecule has 3 rings (SSSR count). The molecule has 1 unspecified atom stereocenters. The molecule has 0 radical (unpaired) electrons. The van der Waals surface area contributed by atoms with Gasteiger partial charge in [-0.1, -0.05) is 12.1 Å². The molecular weight excluding hydrogens is 266 g/mol. The summed E-state index contributed by atoms with van der Waals surface area (Å²) in [6.07, 6.45) is 7.75. The summed E-state index contributed by atoms with van der Waals surface area (Å²) >= 11 is 0. The summed E-state index contributed by atoms with van der Waals surface area (Å²) in [7, 11) is 1.77. The van der Waals surface area contributed by atoms with Crippen molar-refractivity contribution in [3.05, 3.63) is 11.7 Å². The van der Waals surface area contributed by atoms with E-state index in [1.165, 1.54) is 12.8 Å². The Bertz CT molecular complexity index is 472. The molecule has 2 heterocycles. The van der Waals surface area contributed by atoms with Gasteiger partial charge >= 0.3 is 0 Å². The van der Waals surface area contributed by atoms with Gasteiger partial charge in [-0.15, -0.1) is 0 Å². The second-order valence-electron chi connectivity index (χ2n) is 7.02.